The zero-order valence-corrected chi connectivity index (χ0v) is 18.2. The van der Waals surface area contributed by atoms with Gasteiger partial charge in [-0.25, -0.2) is 0 Å². The van der Waals surface area contributed by atoms with Crippen LogP contribution in [0.15, 0.2) is 42.5 Å². The third-order valence-electron chi connectivity index (χ3n) is 6.23. The molecule has 2 aliphatic heterocycles. The molecule has 0 radical (unpaired) electrons. The van der Waals surface area contributed by atoms with Crippen LogP contribution in [-0.4, -0.2) is 31.0 Å². The van der Waals surface area contributed by atoms with Gasteiger partial charge in [0, 0.05) is 37.4 Å². The van der Waals surface area contributed by atoms with E-state index in [1.165, 1.54) is 16.9 Å². The van der Waals surface area contributed by atoms with Crippen molar-refractivity contribution in [3.63, 3.8) is 0 Å². The first-order valence-corrected chi connectivity index (χ1v) is 10.7. The zero-order chi connectivity index (χ0) is 20.8. The van der Waals surface area contributed by atoms with E-state index in [2.05, 4.69) is 80.0 Å². The van der Waals surface area contributed by atoms with E-state index in [0.29, 0.717) is 11.7 Å². The Labute approximate surface area is 174 Å². The van der Waals surface area contributed by atoms with Gasteiger partial charge in [-0.3, -0.25) is 4.79 Å². The van der Waals surface area contributed by atoms with E-state index in [1.54, 1.807) is 6.92 Å². The molecule has 0 N–H and O–H groups in total. The third kappa shape index (κ3) is 3.98. The first-order chi connectivity index (χ1) is 13.7. The molecule has 0 aromatic heterocycles. The van der Waals surface area contributed by atoms with Crippen molar-refractivity contribution in [3.8, 4) is 5.75 Å². The molecule has 0 atom stereocenters. The number of ketones is 1. The third-order valence-corrected chi connectivity index (χ3v) is 6.23. The molecule has 4 heteroatoms. The maximum absolute atomic E-state index is 11.6. The summed E-state index contributed by atoms with van der Waals surface area (Å²) in [4.78, 5) is 16.2. The molecule has 1 saturated heterocycles. The number of carbonyl (C=O) groups is 1. The second-order valence-electron chi connectivity index (χ2n) is 9.38. The summed E-state index contributed by atoms with van der Waals surface area (Å²) in [5, 5.41) is 0. The van der Waals surface area contributed by atoms with Crippen LogP contribution in [0.2, 0.25) is 0 Å². The van der Waals surface area contributed by atoms with E-state index in [0.717, 1.165) is 37.5 Å². The molecule has 4 nitrogen and oxygen atoms in total. The quantitative estimate of drug-likeness (QED) is 0.684. The van der Waals surface area contributed by atoms with Crippen LogP contribution >= 0.6 is 0 Å². The number of hydrogen-bond acceptors (Lipinski definition) is 4. The van der Waals surface area contributed by atoms with Gasteiger partial charge in [-0.15, -0.1) is 0 Å². The van der Waals surface area contributed by atoms with Gasteiger partial charge in [0.05, 0.1) is 11.6 Å². The Morgan fingerprint density at radius 2 is 1.83 bits per heavy atom. The van der Waals surface area contributed by atoms with Gasteiger partial charge < -0.3 is 14.5 Å². The van der Waals surface area contributed by atoms with Gasteiger partial charge in [0.15, 0.2) is 0 Å². The number of carbonyl (C=O) groups excluding carboxylic acids is 1. The maximum atomic E-state index is 11.6. The number of hydrogen-bond donors (Lipinski definition) is 0. The van der Waals surface area contributed by atoms with Crippen molar-refractivity contribution in [2.24, 2.45) is 5.92 Å². The summed E-state index contributed by atoms with van der Waals surface area (Å²) < 4.78 is 6.45. The molecule has 0 spiro atoms. The topological polar surface area (TPSA) is 32.8 Å². The van der Waals surface area contributed by atoms with Gasteiger partial charge in [0.25, 0.3) is 0 Å². The van der Waals surface area contributed by atoms with E-state index in [1.807, 2.05) is 0 Å². The van der Waals surface area contributed by atoms with Crippen molar-refractivity contribution in [2.45, 2.75) is 52.6 Å². The monoisotopic (exact) mass is 392 g/mol. The predicted octanol–water partition coefficient (Wildman–Crippen LogP) is 5.53. The minimum absolute atomic E-state index is 0.182. The van der Waals surface area contributed by atoms with Gasteiger partial charge in [0.2, 0.25) is 0 Å². The van der Waals surface area contributed by atoms with Crippen LogP contribution in [0.5, 0.6) is 5.75 Å². The molecular formula is C25H32N2O2. The van der Waals surface area contributed by atoms with Crippen molar-refractivity contribution in [2.75, 3.05) is 29.4 Å². The van der Waals surface area contributed by atoms with Crippen LogP contribution in [-0.2, 0) is 4.79 Å². The fraction of sp³-hybridized carbons (Fsp3) is 0.480. The molecule has 1 fully saturated rings. The lowest BCUT2D eigenvalue weighted by Gasteiger charge is -2.40. The molecular weight excluding hydrogens is 360 g/mol. The van der Waals surface area contributed by atoms with Gasteiger partial charge in [0.1, 0.15) is 17.1 Å². The van der Waals surface area contributed by atoms with Crippen molar-refractivity contribution in [3.05, 3.63) is 48.0 Å². The highest BCUT2D eigenvalue weighted by atomic mass is 16.5. The molecule has 0 saturated carbocycles. The SMILES string of the molecule is CC(=O)C1CN(c2cccc(N3CCC(C)(C)Oc4cc(C(C)C)ccc43)c2)C1. The molecule has 0 bridgehead atoms. The number of anilines is 3. The average molecular weight is 393 g/mol. The first-order valence-electron chi connectivity index (χ1n) is 10.7. The maximum Gasteiger partial charge on any atom is 0.144 e. The van der Waals surface area contributed by atoms with E-state index < -0.39 is 0 Å². The van der Waals surface area contributed by atoms with Gasteiger partial charge >= 0.3 is 0 Å². The molecule has 0 amide bonds. The fourth-order valence-corrected chi connectivity index (χ4v) is 4.12. The number of Topliss-reactive ketones (excluding diaryl/α,β-unsaturated/α-hetero) is 1. The highest BCUT2D eigenvalue weighted by Gasteiger charge is 2.32. The van der Waals surface area contributed by atoms with Gasteiger partial charge in [-0.2, -0.15) is 0 Å². The van der Waals surface area contributed by atoms with Gasteiger partial charge in [-0.1, -0.05) is 26.0 Å². The lowest BCUT2D eigenvalue weighted by molar-refractivity contribution is -0.121. The number of benzene rings is 2. The second kappa shape index (κ2) is 7.40. The molecule has 4 rings (SSSR count). The lowest BCUT2D eigenvalue weighted by Crippen LogP contribution is -2.49. The van der Waals surface area contributed by atoms with E-state index >= 15 is 0 Å². The van der Waals surface area contributed by atoms with Crippen molar-refractivity contribution < 1.29 is 9.53 Å². The minimum atomic E-state index is -0.205. The Hall–Kier alpha value is -2.49. The molecule has 154 valence electrons. The smallest absolute Gasteiger partial charge is 0.144 e. The van der Waals surface area contributed by atoms with Crippen LogP contribution in [0.4, 0.5) is 17.1 Å². The number of rotatable bonds is 4. The normalized spacial score (nSPS) is 18.7. The van der Waals surface area contributed by atoms with E-state index in [9.17, 15) is 4.79 Å². The number of fused-ring (bicyclic) bond motifs is 1. The average Bonchev–Trinajstić information content (AvgIpc) is 2.74. The Bertz CT molecular complexity index is 913. The summed E-state index contributed by atoms with van der Waals surface area (Å²) in [6.45, 7) is 13.0. The second-order valence-corrected chi connectivity index (χ2v) is 9.38. The molecule has 2 heterocycles. The lowest BCUT2D eigenvalue weighted by atomic mass is 9.95. The van der Waals surface area contributed by atoms with E-state index in [4.69, 9.17) is 4.74 Å². The van der Waals surface area contributed by atoms with Crippen molar-refractivity contribution >= 4 is 22.8 Å². The first kappa shape index (κ1) is 19.8. The molecule has 2 aromatic rings. The van der Waals surface area contributed by atoms with E-state index in [-0.39, 0.29) is 11.5 Å². The zero-order valence-electron chi connectivity index (χ0n) is 18.2. The van der Waals surface area contributed by atoms with Crippen LogP contribution in [0, 0.1) is 5.92 Å². The Balaban J connectivity index is 1.67. The standard InChI is InChI=1S/C25H32N2O2/c1-17(2)19-9-10-23-24(13-19)29-25(4,5)11-12-27(23)22-8-6-7-21(14-22)26-15-20(16-26)18(3)28/h6-10,13-14,17,20H,11-12,15-16H2,1-5H3. The Morgan fingerprint density at radius 3 is 2.52 bits per heavy atom. The summed E-state index contributed by atoms with van der Waals surface area (Å²) >= 11 is 0. The Kier molecular flexibility index (Phi) is 5.05. The predicted molar refractivity (Wildman–Crippen MR) is 120 cm³/mol. The van der Waals surface area contributed by atoms with Crippen LogP contribution in [0.1, 0.15) is 52.5 Å². The molecule has 0 unspecified atom stereocenters. The largest absolute Gasteiger partial charge is 0.486 e. The molecule has 2 aromatic carbocycles. The van der Waals surface area contributed by atoms with Gasteiger partial charge in [-0.05, 0) is 62.6 Å². The van der Waals surface area contributed by atoms with Crippen LogP contribution in [0.25, 0.3) is 0 Å². The van der Waals surface area contributed by atoms with Crippen molar-refractivity contribution in [1.29, 1.82) is 0 Å². The summed E-state index contributed by atoms with van der Waals surface area (Å²) in [6.07, 6.45) is 0.943. The Morgan fingerprint density at radius 1 is 1.10 bits per heavy atom. The highest BCUT2D eigenvalue weighted by Crippen LogP contribution is 2.42. The number of ether oxygens (including phenoxy) is 1. The fourth-order valence-electron chi connectivity index (χ4n) is 4.12. The molecule has 29 heavy (non-hydrogen) atoms. The minimum Gasteiger partial charge on any atom is -0.486 e. The van der Waals surface area contributed by atoms with Crippen molar-refractivity contribution in [1.82, 2.24) is 0 Å². The highest BCUT2D eigenvalue weighted by molar-refractivity contribution is 5.82. The molecule has 0 aliphatic carbocycles. The van der Waals surface area contributed by atoms with Crippen LogP contribution in [0.3, 0.4) is 0 Å². The summed E-state index contributed by atoms with van der Waals surface area (Å²) in [5.74, 6) is 1.90. The molecule has 2 aliphatic rings. The van der Waals surface area contributed by atoms with Crippen LogP contribution < -0.4 is 14.5 Å². The number of nitrogens with zero attached hydrogens (tertiary/aromatic N) is 2. The summed E-state index contributed by atoms with van der Waals surface area (Å²) in [7, 11) is 0. The summed E-state index contributed by atoms with van der Waals surface area (Å²) in [6, 6.07) is 15.3. The summed E-state index contributed by atoms with van der Waals surface area (Å²) in [5.41, 5.74) is 4.58.